The smallest absolute Gasteiger partial charge is 0.319 e. The van der Waals surface area contributed by atoms with Crippen LogP contribution in [0.1, 0.15) is 18.8 Å². The Labute approximate surface area is 142 Å². The number of benzene rings is 1. The van der Waals surface area contributed by atoms with Crippen molar-refractivity contribution >= 4 is 40.6 Å². The zero-order valence-electron chi connectivity index (χ0n) is 12.1. The maximum absolute atomic E-state index is 12.1. The molecule has 2 amide bonds. The first kappa shape index (κ1) is 15.6. The summed E-state index contributed by atoms with van der Waals surface area (Å²) in [6.45, 7) is 1.83. The molecule has 3 aromatic rings. The van der Waals surface area contributed by atoms with Crippen LogP contribution >= 0.6 is 23.2 Å². The lowest BCUT2D eigenvalue weighted by Gasteiger charge is -2.13. The second-order valence-electron chi connectivity index (χ2n) is 4.94. The Morgan fingerprint density at radius 2 is 2.00 bits per heavy atom. The average Bonchev–Trinajstić information content (AvgIpc) is 2.95. The molecule has 0 unspecified atom stereocenters. The molecule has 2 aromatic heterocycles. The van der Waals surface area contributed by atoms with E-state index in [-0.39, 0.29) is 12.1 Å². The fourth-order valence-corrected chi connectivity index (χ4v) is 2.46. The first-order valence-electron chi connectivity index (χ1n) is 6.87. The van der Waals surface area contributed by atoms with Gasteiger partial charge in [-0.25, -0.2) is 4.79 Å². The van der Waals surface area contributed by atoms with Crippen LogP contribution in [0.25, 0.3) is 5.65 Å². The van der Waals surface area contributed by atoms with Crippen molar-refractivity contribution < 1.29 is 4.79 Å². The van der Waals surface area contributed by atoms with E-state index in [0.717, 1.165) is 5.65 Å². The van der Waals surface area contributed by atoms with Crippen molar-refractivity contribution in [2.24, 2.45) is 0 Å². The van der Waals surface area contributed by atoms with Crippen molar-refractivity contribution in [2.75, 3.05) is 5.32 Å². The highest BCUT2D eigenvalue weighted by molar-refractivity contribution is 6.42. The molecule has 0 aliphatic carbocycles. The molecule has 2 heterocycles. The number of urea groups is 1. The summed E-state index contributed by atoms with van der Waals surface area (Å²) >= 11 is 11.8. The minimum absolute atomic E-state index is 0.324. The Morgan fingerprint density at radius 3 is 2.78 bits per heavy atom. The molecule has 0 fully saturated rings. The van der Waals surface area contributed by atoms with E-state index in [1.807, 2.05) is 35.7 Å². The highest BCUT2D eigenvalue weighted by Crippen LogP contribution is 2.25. The Kier molecular flexibility index (Phi) is 4.36. The first-order valence-corrected chi connectivity index (χ1v) is 7.62. The molecule has 0 saturated carbocycles. The normalized spacial score (nSPS) is 12.1. The average molecular weight is 350 g/mol. The van der Waals surface area contributed by atoms with Crippen LogP contribution in [0.3, 0.4) is 0 Å². The number of hydrogen-bond acceptors (Lipinski definition) is 3. The maximum Gasteiger partial charge on any atom is 0.319 e. The molecule has 1 aromatic carbocycles. The lowest BCUT2D eigenvalue weighted by atomic mass is 10.3. The van der Waals surface area contributed by atoms with E-state index < -0.39 is 0 Å². The van der Waals surface area contributed by atoms with E-state index in [2.05, 4.69) is 20.8 Å². The molecule has 0 aliphatic heterocycles. The molecule has 0 bridgehead atoms. The van der Waals surface area contributed by atoms with Crippen LogP contribution in [0.2, 0.25) is 10.0 Å². The zero-order chi connectivity index (χ0) is 16.4. The third kappa shape index (κ3) is 3.38. The number of pyridine rings is 1. The van der Waals surface area contributed by atoms with Crippen molar-refractivity contribution in [3.8, 4) is 0 Å². The van der Waals surface area contributed by atoms with Crippen molar-refractivity contribution in [2.45, 2.75) is 13.0 Å². The van der Waals surface area contributed by atoms with Crippen LogP contribution < -0.4 is 10.6 Å². The highest BCUT2D eigenvalue weighted by Gasteiger charge is 2.15. The molecule has 0 spiro atoms. The molecular weight excluding hydrogens is 337 g/mol. The van der Waals surface area contributed by atoms with Crippen molar-refractivity contribution in [3.63, 3.8) is 0 Å². The van der Waals surface area contributed by atoms with Crippen LogP contribution in [-0.2, 0) is 0 Å². The van der Waals surface area contributed by atoms with Gasteiger partial charge in [0.15, 0.2) is 11.5 Å². The lowest BCUT2D eigenvalue weighted by molar-refractivity contribution is 0.249. The molecule has 3 rings (SSSR count). The van der Waals surface area contributed by atoms with Crippen LogP contribution in [-0.4, -0.2) is 20.6 Å². The SMILES string of the molecule is C[C@@H](NC(=O)Nc1ccc(Cl)c(Cl)c1)c1nnc2ccccn12. The molecule has 0 radical (unpaired) electrons. The van der Waals surface area contributed by atoms with Crippen molar-refractivity contribution in [3.05, 3.63) is 58.5 Å². The number of fused-ring (bicyclic) bond motifs is 1. The van der Waals surface area contributed by atoms with Gasteiger partial charge in [0.25, 0.3) is 0 Å². The number of carbonyl (C=O) groups excluding carboxylic acids is 1. The van der Waals surface area contributed by atoms with Gasteiger partial charge in [0.1, 0.15) is 0 Å². The van der Waals surface area contributed by atoms with Gasteiger partial charge < -0.3 is 10.6 Å². The van der Waals surface area contributed by atoms with Gasteiger partial charge in [-0.15, -0.1) is 10.2 Å². The number of rotatable bonds is 3. The van der Waals surface area contributed by atoms with E-state index in [0.29, 0.717) is 21.6 Å². The van der Waals surface area contributed by atoms with Gasteiger partial charge in [-0.3, -0.25) is 4.40 Å². The minimum atomic E-state index is -0.372. The lowest BCUT2D eigenvalue weighted by Crippen LogP contribution is -2.32. The summed E-state index contributed by atoms with van der Waals surface area (Å²) in [7, 11) is 0. The minimum Gasteiger partial charge on any atom is -0.328 e. The quantitative estimate of drug-likeness (QED) is 0.752. The zero-order valence-corrected chi connectivity index (χ0v) is 13.6. The molecule has 23 heavy (non-hydrogen) atoms. The molecule has 8 heteroatoms. The fraction of sp³-hybridized carbons (Fsp3) is 0.133. The second kappa shape index (κ2) is 6.44. The summed E-state index contributed by atoms with van der Waals surface area (Å²) in [5, 5.41) is 14.5. The molecule has 2 N–H and O–H groups in total. The summed E-state index contributed by atoms with van der Waals surface area (Å²) in [4.78, 5) is 12.1. The summed E-state index contributed by atoms with van der Waals surface area (Å²) in [5.74, 6) is 0.643. The summed E-state index contributed by atoms with van der Waals surface area (Å²) in [6.07, 6.45) is 1.85. The molecule has 118 valence electrons. The number of hydrogen-bond donors (Lipinski definition) is 2. The van der Waals surface area contributed by atoms with Gasteiger partial charge in [-0.2, -0.15) is 0 Å². The third-order valence-electron chi connectivity index (χ3n) is 3.25. The summed E-state index contributed by atoms with van der Waals surface area (Å²) in [5.41, 5.74) is 1.27. The third-order valence-corrected chi connectivity index (χ3v) is 3.99. The van der Waals surface area contributed by atoms with Crippen LogP contribution in [0.4, 0.5) is 10.5 Å². The maximum atomic E-state index is 12.1. The standard InChI is InChI=1S/C15H13Cl2N5O/c1-9(14-21-20-13-4-2-3-7-22(13)14)18-15(23)19-10-5-6-11(16)12(17)8-10/h2-9H,1H3,(H2,18,19,23)/t9-/m1/s1. The van der Waals surface area contributed by atoms with Gasteiger partial charge in [0.05, 0.1) is 16.1 Å². The largest absolute Gasteiger partial charge is 0.328 e. The van der Waals surface area contributed by atoms with E-state index >= 15 is 0 Å². The number of nitrogens with one attached hydrogen (secondary N) is 2. The molecular formula is C15H13Cl2N5O. The van der Waals surface area contributed by atoms with E-state index in [4.69, 9.17) is 23.2 Å². The van der Waals surface area contributed by atoms with E-state index in [9.17, 15) is 4.79 Å². The first-order chi connectivity index (χ1) is 11.0. The number of carbonyl (C=O) groups is 1. The predicted molar refractivity (Wildman–Crippen MR) is 90.0 cm³/mol. The molecule has 0 saturated heterocycles. The van der Waals surface area contributed by atoms with Crippen LogP contribution in [0.5, 0.6) is 0 Å². The predicted octanol–water partition coefficient (Wildman–Crippen LogP) is 3.92. The van der Waals surface area contributed by atoms with Crippen LogP contribution in [0.15, 0.2) is 42.6 Å². The van der Waals surface area contributed by atoms with Gasteiger partial charge >= 0.3 is 6.03 Å². The van der Waals surface area contributed by atoms with Gasteiger partial charge in [0, 0.05) is 11.9 Å². The Bertz CT molecular complexity index is 864. The van der Waals surface area contributed by atoms with E-state index in [1.165, 1.54) is 0 Å². The highest BCUT2D eigenvalue weighted by atomic mass is 35.5. The van der Waals surface area contributed by atoms with Gasteiger partial charge in [-0.05, 0) is 37.3 Å². The molecule has 6 nitrogen and oxygen atoms in total. The number of aromatic nitrogens is 3. The topological polar surface area (TPSA) is 71.3 Å². The van der Waals surface area contributed by atoms with Crippen molar-refractivity contribution in [1.29, 1.82) is 0 Å². The number of amides is 2. The number of nitrogens with zero attached hydrogens (tertiary/aromatic N) is 3. The Balaban J connectivity index is 1.70. The molecule has 1 atom stereocenters. The molecule has 0 aliphatic rings. The Hall–Kier alpha value is -2.31. The summed E-state index contributed by atoms with van der Waals surface area (Å²) < 4.78 is 1.82. The second-order valence-corrected chi connectivity index (χ2v) is 5.75. The van der Waals surface area contributed by atoms with E-state index in [1.54, 1.807) is 18.2 Å². The van der Waals surface area contributed by atoms with Gasteiger partial charge in [-0.1, -0.05) is 29.3 Å². The van der Waals surface area contributed by atoms with Crippen LogP contribution in [0, 0.1) is 0 Å². The monoisotopic (exact) mass is 349 g/mol. The summed E-state index contributed by atoms with van der Waals surface area (Å²) in [6, 6.07) is 9.78. The number of halogens is 2. The van der Waals surface area contributed by atoms with Gasteiger partial charge in [0.2, 0.25) is 0 Å². The van der Waals surface area contributed by atoms with Crippen molar-refractivity contribution in [1.82, 2.24) is 19.9 Å². The fourth-order valence-electron chi connectivity index (χ4n) is 2.16. The number of anilines is 1. The Morgan fingerprint density at radius 1 is 1.17 bits per heavy atom.